The van der Waals surface area contributed by atoms with E-state index in [-0.39, 0.29) is 16.8 Å². The maximum atomic E-state index is 13.8. The summed E-state index contributed by atoms with van der Waals surface area (Å²) in [4.78, 5) is 51.8. The third-order valence-electron chi connectivity index (χ3n) is 7.00. The number of amides is 2. The van der Waals surface area contributed by atoms with E-state index in [1.807, 2.05) is 0 Å². The molecule has 0 bridgehead atoms. The lowest BCUT2D eigenvalue weighted by Gasteiger charge is -2.31. The molecule has 2 heterocycles. The number of alkyl halides is 3. The zero-order valence-electron chi connectivity index (χ0n) is 19.3. The Bertz CT molecular complexity index is 1480. The first-order chi connectivity index (χ1) is 18.0. The highest BCUT2D eigenvalue weighted by Gasteiger charge is 2.69. The number of hydrogen-bond acceptors (Lipinski definition) is 6. The fourth-order valence-electron chi connectivity index (χ4n) is 5.39. The number of aliphatic carboxylic acids is 1. The molecule has 0 spiro atoms. The van der Waals surface area contributed by atoms with Crippen molar-refractivity contribution in [3.63, 3.8) is 0 Å². The first-order valence-corrected chi connectivity index (χ1v) is 11.3. The number of rotatable bonds is 5. The summed E-state index contributed by atoms with van der Waals surface area (Å²) in [6.45, 7) is 0. The molecule has 2 amide bonds. The van der Waals surface area contributed by atoms with Gasteiger partial charge in [-0.3, -0.25) is 25.0 Å². The van der Waals surface area contributed by atoms with Gasteiger partial charge in [-0.25, -0.2) is 9.69 Å². The molecule has 38 heavy (non-hydrogen) atoms. The Labute approximate surface area is 212 Å². The van der Waals surface area contributed by atoms with Crippen molar-refractivity contribution in [2.45, 2.75) is 17.8 Å². The molecule has 2 N–H and O–H groups in total. The maximum Gasteiger partial charge on any atom is 0.416 e. The number of non-ortho nitro benzene ring substituents is 1. The standard InChI is InChI=1S/C26H18F3N3O6/c27-26(28,29)16-9-4-6-14(12-16)21-19-20(25(30-21,24(35)36)15-7-2-1-3-8-15)23(34)31(22(19)33)17-10-5-11-18(13-17)32(37)38/h1-13,19-21,30H,(H,35,36). The van der Waals surface area contributed by atoms with E-state index in [9.17, 15) is 42.8 Å². The smallest absolute Gasteiger partial charge is 0.416 e. The summed E-state index contributed by atoms with van der Waals surface area (Å²) in [5.74, 6) is -6.30. The average molecular weight is 525 g/mol. The van der Waals surface area contributed by atoms with Crippen LogP contribution in [0.3, 0.4) is 0 Å². The molecule has 2 fully saturated rings. The van der Waals surface area contributed by atoms with Gasteiger partial charge in [0.15, 0.2) is 5.54 Å². The van der Waals surface area contributed by atoms with Crippen LogP contribution < -0.4 is 10.2 Å². The van der Waals surface area contributed by atoms with Crippen LogP contribution in [0.1, 0.15) is 22.7 Å². The van der Waals surface area contributed by atoms with Gasteiger partial charge in [0.25, 0.3) is 5.69 Å². The molecule has 3 aromatic carbocycles. The number of carboxylic acids is 1. The van der Waals surface area contributed by atoms with Gasteiger partial charge in [-0.2, -0.15) is 13.2 Å². The molecule has 2 saturated heterocycles. The molecule has 4 atom stereocenters. The summed E-state index contributed by atoms with van der Waals surface area (Å²) in [5.41, 5.74) is -3.63. The summed E-state index contributed by atoms with van der Waals surface area (Å²) >= 11 is 0. The van der Waals surface area contributed by atoms with Crippen molar-refractivity contribution in [2.75, 3.05) is 4.90 Å². The fraction of sp³-hybridized carbons (Fsp3) is 0.192. The number of carbonyl (C=O) groups excluding carboxylic acids is 2. The third-order valence-corrected chi connectivity index (χ3v) is 7.00. The number of imide groups is 1. The van der Waals surface area contributed by atoms with E-state index in [1.54, 1.807) is 6.07 Å². The van der Waals surface area contributed by atoms with Crippen molar-refractivity contribution < 1.29 is 37.6 Å². The van der Waals surface area contributed by atoms with Gasteiger partial charge in [0.05, 0.1) is 28.0 Å². The third kappa shape index (κ3) is 3.72. The zero-order chi connectivity index (χ0) is 27.4. The molecular formula is C26H18F3N3O6. The van der Waals surface area contributed by atoms with Gasteiger partial charge >= 0.3 is 12.1 Å². The number of nitro groups is 1. The Morgan fingerprint density at radius 2 is 1.66 bits per heavy atom. The van der Waals surface area contributed by atoms with Crippen LogP contribution in [-0.4, -0.2) is 27.8 Å². The van der Waals surface area contributed by atoms with Crippen LogP contribution in [0.5, 0.6) is 0 Å². The second-order valence-corrected chi connectivity index (χ2v) is 9.02. The number of fused-ring (bicyclic) bond motifs is 1. The normalized spacial score (nSPS) is 24.9. The van der Waals surface area contributed by atoms with Gasteiger partial charge in [0.1, 0.15) is 0 Å². The van der Waals surface area contributed by atoms with E-state index in [2.05, 4.69) is 5.32 Å². The summed E-state index contributed by atoms with van der Waals surface area (Å²) in [7, 11) is 0. The van der Waals surface area contributed by atoms with Crippen LogP contribution >= 0.6 is 0 Å². The van der Waals surface area contributed by atoms with Gasteiger partial charge in [0, 0.05) is 18.2 Å². The number of benzene rings is 3. The minimum atomic E-state index is -4.71. The van der Waals surface area contributed by atoms with E-state index in [1.165, 1.54) is 42.5 Å². The second-order valence-electron chi connectivity index (χ2n) is 9.02. The highest BCUT2D eigenvalue weighted by Crippen LogP contribution is 2.54. The molecule has 9 nitrogen and oxygen atoms in total. The molecule has 0 aliphatic carbocycles. The number of carbonyl (C=O) groups is 3. The number of anilines is 1. The maximum absolute atomic E-state index is 13.8. The lowest BCUT2D eigenvalue weighted by molar-refractivity contribution is -0.384. The molecular weight excluding hydrogens is 507 g/mol. The van der Waals surface area contributed by atoms with Crippen molar-refractivity contribution in [3.8, 4) is 0 Å². The summed E-state index contributed by atoms with van der Waals surface area (Å²) < 4.78 is 40.5. The van der Waals surface area contributed by atoms with Crippen LogP contribution in [-0.2, 0) is 26.1 Å². The first-order valence-electron chi connectivity index (χ1n) is 11.3. The lowest BCUT2D eigenvalue weighted by atomic mass is 9.75. The van der Waals surface area contributed by atoms with E-state index < -0.39 is 63.6 Å². The molecule has 0 radical (unpaired) electrons. The van der Waals surface area contributed by atoms with Crippen LogP contribution in [0.25, 0.3) is 0 Å². The molecule has 4 unspecified atom stereocenters. The van der Waals surface area contributed by atoms with Crippen molar-refractivity contribution >= 4 is 29.2 Å². The highest BCUT2D eigenvalue weighted by molar-refractivity contribution is 6.24. The fourth-order valence-corrected chi connectivity index (χ4v) is 5.39. The molecule has 2 aliphatic rings. The van der Waals surface area contributed by atoms with Gasteiger partial charge in [-0.05, 0) is 29.3 Å². The first kappa shape index (κ1) is 25.1. The summed E-state index contributed by atoms with van der Waals surface area (Å²) in [6.07, 6.45) is -4.71. The van der Waals surface area contributed by atoms with Crippen molar-refractivity contribution in [1.29, 1.82) is 0 Å². The number of halogens is 3. The van der Waals surface area contributed by atoms with Crippen LogP contribution in [0.4, 0.5) is 24.5 Å². The number of nitrogens with one attached hydrogen (secondary N) is 1. The molecule has 2 aliphatic heterocycles. The molecule has 194 valence electrons. The average Bonchev–Trinajstić information content (AvgIpc) is 3.38. The topological polar surface area (TPSA) is 130 Å². The van der Waals surface area contributed by atoms with Gasteiger partial charge in [-0.1, -0.05) is 48.5 Å². The Morgan fingerprint density at radius 1 is 0.974 bits per heavy atom. The zero-order valence-corrected chi connectivity index (χ0v) is 19.3. The number of hydrogen-bond donors (Lipinski definition) is 2. The Morgan fingerprint density at radius 3 is 2.29 bits per heavy atom. The minimum absolute atomic E-state index is 0.0316. The van der Waals surface area contributed by atoms with Gasteiger partial charge < -0.3 is 5.11 Å². The highest BCUT2D eigenvalue weighted by atomic mass is 19.4. The molecule has 3 aromatic rings. The summed E-state index contributed by atoms with van der Waals surface area (Å²) in [6, 6.07) is 15.1. The van der Waals surface area contributed by atoms with E-state index >= 15 is 0 Å². The lowest BCUT2D eigenvalue weighted by Crippen LogP contribution is -2.53. The quantitative estimate of drug-likeness (QED) is 0.292. The van der Waals surface area contributed by atoms with Gasteiger partial charge in [-0.15, -0.1) is 0 Å². The molecule has 0 aromatic heterocycles. The van der Waals surface area contributed by atoms with E-state index in [0.29, 0.717) is 4.90 Å². The van der Waals surface area contributed by atoms with Crippen molar-refractivity contribution in [3.05, 3.63) is 106 Å². The predicted molar refractivity (Wildman–Crippen MR) is 126 cm³/mol. The Balaban J connectivity index is 1.71. The predicted octanol–water partition coefficient (Wildman–Crippen LogP) is 4.04. The Hall–Kier alpha value is -4.58. The van der Waals surface area contributed by atoms with Crippen LogP contribution in [0, 0.1) is 22.0 Å². The number of carboxylic acid groups (broad SMARTS) is 1. The van der Waals surface area contributed by atoms with E-state index in [0.717, 1.165) is 30.3 Å². The van der Waals surface area contributed by atoms with Gasteiger partial charge in [0.2, 0.25) is 11.8 Å². The molecule has 12 heteroatoms. The minimum Gasteiger partial charge on any atom is -0.480 e. The SMILES string of the molecule is O=C1C2C(c3cccc(C(F)(F)F)c3)NC(C(=O)O)(c3ccccc3)C2C(=O)N1c1cccc([N+](=O)[O-])c1. The van der Waals surface area contributed by atoms with Crippen molar-refractivity contribution in [2.24, 2.45) is 11.8 Å². The van der Waals surface area contributed by atoms with Crippen molar-refractivity contribution in [1.82, 2.24) is 5.32 Å². The molecule has 5 rings (SSSR count). The number of nitrogens with zero attached hydrogens (tertiary/aromatic N) is 2. The van der Waals surface area contributed by atoms with Crippen LogP contribution in [0.15, 0.2) is 78.9 Å². The Kier molecular flexibility index (Phi) is 5.79. The van der Waals surface area contributed by atoms with E-state index in [4.69, 9.17) is 0 Å². The second kappa shape index (κ2) is 8.77. The largest absolute Gasteiger partial charge is 0.480 e. The van der Waals surface area contributed by atoms with Crippen LogP contribution in [0.2, 0.25) is 0 Å². The monoisotopic (exact) mass is 525 g/mol. The molecule has 0 saturated carbocycles. The summed E-state index contributed by atoms with van der Waals surface area (Å²) in [5, 5.41) is 24.6. The number of nitro benzene ring substituents is 1.